The lowest BCUT2D eigenvalue weighted by Crippen LogP contribution is -2.58. The molecule has 3 unspecified atom stereocenters. The predicted molar refractivity (Wildman–Crippen MR) is 103 cm³/mol. The van der Waals surface area contributed by atoms with Crippen LogP contribution in [0, 0.1) is 40.4 Å². The van der Waals surface area contributed by atoms with E-state index in [9.17, 15) is 14.7 Å². The van der Waals surface area contributed by atoms with Gasteiger partial charge in [-0.1, -0.05) is 13.8 Å². The van der Waals surface area contributed by atoms with E-state index in [-0.39, 0.29) is 40.8 Å². The second kappa shape index (κ2) is 6.57. The number of carbonyl (C=O) groups excluding carboxylic acids is 2. The molecule has 0 saturated heterocycles. The van der Waals surface area contributed by atoms with E-state index in [0.717, 1.165) is 44.9 Å². The van der Waals surface area contributed by atoms with E-state index in [4.69, 9.17) is 4.74 Å². The smallest absolute Gasteiger partial charge is 0.302 e. The number of rotatable bonds is 2. The van der Waals surface area contributed by atoms with Gasteiger partial charge in [0.2, 0.25) is 0 Å². The number of Topliss-reactive ketones (excluding diaryl/α,β-unsaturated/α-hetero) is 1. The number of hydrogen-bond donors (Lipinski definition) is 1. The SMILES string of the molecule is CC(=O)O[C@@H]1CC[C@@]2(C)C(CC[C@H]3C4CC[C@H](C(C)O)[C@@]4(C)CC(=O)[C@@H]32)C1. The Morgan fingerprint density at radius 2 is 1.89 bits per heavy atom. The lowest BCUT2D eigenvalue weighted by atomic mass is 9.44. The second-order valence-electron chi connectivity index (χ2n) is 10.6. The zero-order chi connectivity index (χ0) is 19.6. The van der Waals surface area contributed by atoms with Crippen molar-refractivity contribution in [2.45, 2.75) is 91.3 Å². The van der Waals surface area contributed by atoms with Gasteiger partial charge in [0.05, 0.1) is 6.10 Å². The molecule has 0 aromatic heterocycles. The van der Waals surface area contributed by atoms with Gasteiger partial charge in [-0.25, -0.2) is 0 Å². The van der Waals surface area contributed by atoms with Gasteiger partial charge in [0, 0.05) is 19.3 Å². The molecule has 4 heteroatoms. The molecule has 1 N–H and O–H groups in total. The third-order valence-corrected chi connectivity index (χ3v) is 9.29. The fourth-order valence-electron chi connectivity index (χ4n) is 8.21. The zero-order valence-corrected chi connectivity index (χ0v) is 17.4. The molecule has 4 aliphatic rings. The van der Waals surface area contributed by atoms with Gasteiger partial charge < -0.3 is 9.84 Å². The fraction of sp³-hybridized carbons (Fsp3) is 0.913. The molecule has 0 spiro atoms. The summed E-state index contributed by atoms with van der Waals surface area (Å²) in [6, 6.07) is 0. The molecule has 4 rings (SSSR count). The van der Waals surface area contributed by atoms with E-state index in [1.165, 1.54) is 6.92 Å². The molecular formula is C23H36O4. The van der Waals surface area contributed by atoms with E-state index in [1.807, 2.05) is 6.92 Å². The van der Waals surface area contributed by atoms with Crippen molar-refractivity contribution in [2.75, 3.05) is 0 Å². The molecular weight excluding hydrogens is 340 g/mol. The molecule has 4 nitrogen and oxygen atoms in total. The van der Waals surface area contributed by atoms with Crippen LogP contribution in [0.15, 0.2) is 0 Å². The highest BCUT2D eigenvalue weighted by Gasteiger charge is 2.63. The van der Waals surface area contributed by atoms with Crippen LogP contribution in [0.2, 0.25) is 0 Å². The Morgan fingerprint density at radius 3 is 2.56 bits per heavy atom. The molecule has 0 bridgehead atoms. The summed E-state index contributed by atoms with van der Waals surface area (Å²) in [6.07, 6.45) is 7.65. The van der Waals surface area contributed by atoms with Gasteiger partial charge in [-0.2, -0.15) is 0 Å². The highest BCUT2D eigenvalue weighted by Crippen LogP contribution is 2.66. The minimum atomic E-state index is -0.324. The van der Waals surface area contributed by atoms with E-state index < -0.39 is 0 Å². The van der Waals surface area contributed by atoms with E-state index >= 15 is 0 Å². The number of aliphatic hydroxyl groups is 1. The Kier molecular flexibility index (Phi) is 4.73. The van der Waals surface area contributed by atoms with Gasteiger partial charge in [-0.15, -0.1) is 0 Å². The molecule has 0 heterocycles. The van der Waals surface area contributed by atoms with Crippen LogP contribution in [0.1, 0.15) is 79.1 Å². The van der Waals surface area contributed by atoms with Gasteiger partial charge in [-0.05, 0) is 86.4 Å². The van der Waals surface area contributed by atoms with E-state index in [0.29, 0.717) is 30.0 Å². The minimum Gasteiger partial charge on any atom is -0.463 e. The minimum absolute atomic E-state index is 0.0233. The van der Waals surface area contributed by atoms with Crippen LogP contribution in [0.25, 0.3) is 0 Å². The number of ketones is 1. The van der Waals surface area contributed by atoms with Crippen molar-refractivity contribution in [3.05, 3.63) is 0 Å². The molecule has 4 saturated carbocycles. The highest BCUT2D eigenvalue weighted by molar-refractivity contribution is 5.84. The lowest BCUT2D eigenvalue weighted by Gasteiger charge is -2.60. The maximum absolute atomic E-state index is 13.5. The first-order valence-electron chi connectivity index (χ1n) is 11.0. The Labute approximate surface area is 163 Å². The Bertz CT molecular complexity index is 628. The first kappa shape index (κ1) is 19.4. The van der Waals surface area contributed by atoms with Crippen LogP contribution in [-0.2, 0) is 14.3 Å². The van der Waals surface area contributed by atoms with Crippen molar-refractivity contribution in [3.63, 3.8) is 0 Å². The average Bonchev–Trinajstić information content (AvgIpc) is 2.91. The van der Waals surface area contributed by atoms with Crippen molar-refractivity contribution < 1.29 is 19.4 Å². The Hall–Kier alpha value is -0.900. The quantitative estimate of drug-likeness (QED) is 0.736. The van der Waals surface area contributed by atoms with Crippen molar-refractivity contribution in [1.29, 1.82) is 0 Å². The van der Waals surface area contributed by atoms with Crippen LogP contribution < -0.4 is 0 Å². The summed E-state index contributed by atoms with van der Waals surface area (Å²) in [6.45, 7) is 8.03. The average molecular weight is 377 g/mol. The van der Waals surface area contributed by atoms with Crippen molar-refractivity contribution in [3.8, 4) is 0 Å². The van der Waals surface area contributed by atoms with Crippen LogP contribution in [0.3, 0.4) is 0 Å². The summed E-state index contributed by atoms with van der Waals surface area (Å²) in [4.78, 5) is 24.9. The number of ether oxygens (including phenoxy) is 1. The summed E-state index contributed by atoms with van der Waals surface area (Å²) in [7, 11) is 0. The lowest BCUT2D eigenvalue weighted by molar-refractivity contribution is -0.170. The molecule has 0 aliphatic heterocycles. The molecule has 4 aliphatic carbocycles. The first-order valence-corrected chi connectivity index (χ1v) is 11.0. The van der Waals surface area contributed by atoms with Crippen LogP contribution in [0.5, 0.6) is 0 Å². The van der Waals surface area contributed by atoms with E-state index in [2.05, 4.69) is 13.8 Å². The largest absolute Gasteiger partial charge is 0.463 e. The van der Waals surface area contributed by atoms with Crippen molar-refractivity contribution >= 4 is 11.8 Å². The second-order valence-corrected chi connectivity index (χ2v) is 10.6. The van der Waals surface area contributed by atoms with Gasteiger partial charge in [0.1, 0.15) is 11.9 Å². The number of carbonyl (C=O) groups is 2. The van der Waals surface area contributed by atoms with Crippen LogP contribution >= 0.6 is 0 Å². The molecule has 4 fully saturated rings. The fourth-order valence-corrected chi connectivity index (χ4v) is 8.21. The van der Waals surface area contributed by atoms with E-state index in [1.54, 1.807) is 0 Å². The maximum Gasteiger partial charge on any atom is 0.302 e. The van der Waals surface area contributed by atoms with Crippen LogP contribution in [0.4, 0.5) is 0 Å². The molecule has 152 valence electrons. The first-order chi connectivity index (χ1) is 12.7. The molecule has 0 aromatic carbocycles. The zero-order valence-electron chi connectivity index (χ0n) is 17.4. The molecule has 9 atom stereocenters. The Morgan fingerprint density at radius 1 is 1.15 bits per heavy atom. The summed E-state index contributed by atoms with van der Waals surface area (Å²) < 4.78 is 5.52. The van der Waals surface area contributed by atoms with Gasteiger partial charge in [0.15, 0.2) is 0 Å². The third kappa shape index (κ3) is 2.89. The Balaban J connectivity index is 1.59. The number of esters is 1. The van der Waals surface area contributed by atoms with Gasteiger partial charge in [-0.3, -0.25) is 9.59 Å². The number of aliphatic hydroxyl groups excluding tert-OH is 1. The predicted octanol–water partition coefficient (Wildman–Crippen LogP) is 4.14. The summed E-state index contributed by atoms with van der Waals surface area (Å²) in [5.41, 5.74) is 0.0332. The molecule has 0 amide bonds. The summed E-state index contributed by atoms with van der Waals surface area (Å²) in [5.74, 6) is 2.23. The van der Waals surface area contributed by atoms with Crippen molar-refractivity contribution in [1.82, 2.24) is 0 Å². The van der Waals surface area contributed by atoms with Crippen LogP contribution in [-0.4, -0.2) is 29.1 Å². The number of hydrogen-bond acceptors (Lipinski definition) is 4. The topological polar surface area (TPSA) is 63.6 Å². The summed E-state index contributed by atoms with van der Waals surface area (Å²) in [5, 5.41) is 10.3. The normalized spacial score (nSPS) is 50.3. The maximum atomic E-state index is 13.5. The molecule has 27 heavy (non-hydrogen) atoms. The summed E-state index contributed by atoms with van der Waals surface area (Å²) >= 11 is 0. The third-order valence-electron chi connectivity index (χ3n) is 9.29. The molecule has 0 radical (unpaired) electrons. The van der Waals surface area contributed by atoms with Gasteiger partial charge >= 0.3 is 5.97 Å². The van der Waals surface area contributed by atoms with Gasteiger partial charge in [0.25, 0.3) is 0 Å². The monoisotopic (exact) mass is 376 g/mol. The standard InChI is InChI=1S/C23H36O4/c1-13(24)18-7-8-19-17-6-5-15-11-16(27-14(2)25)9-10-22(15,3)21(17)20(26)12-23(18,19)4/h13,15-19,21,24H,5-12H2,1-4H3/t13?,15?,16-,17+,18-,19?,21-,22+,23-/m1/s1. The van der Waals surface area contributed by atoms with Crippen molar-refractivity contribution in [2.24, 2.45) is 40.4 Å². The molecule has 0 aromatic rings. The number of fused-ring (bicyclic) bond motifs is 5. The highest BCUT2D eigenvalue weighted by atomic mass is 16.5.